The number of rotatable bonds is 2. The summed E-state index contributed by atoms with van der Waals surface area (Å²) in [4.78, 5) is 15.2. The first-order valence-corrected chi connectivity index (χ1v) is 5.62. The number of aromatic carboxylic acids is 1. The maximum absolute atomic E-state index is 13.2. The second-order valence-electron chi connectivity index (χ2n) is 4.07. The predicted octanol–water partition coefficient (Wildman–Crippen LogP) is 2.86. The van der Waals surface area contributed by atoms with Crippen LogP contribution in [0.1, 0.15) is 10.4 Å². The fourth-order valence-electron chi connectivity index (χ4n) is 2.04. The molecule has 0 atom stereocenters. The van der Waals surface area contributed by atoms with E-state index in [0.29, 0.717) is 16.7 Å². The molecule has 0 bridgehead atoms. The summed E-state index contributed by atoms with van der Waals surface area (Å²) in [6, 6.07) is 10.9. The molecule has 0 saturated carbocycles. The first-order valence-electron chi connectivity index (χ1n) is 5.62. The quantitative estimate of drug-likeness (QED) is 0.767. The third-order valence-electron chi connectivity index (χ3n) is 2.89. The van der Waals surface area contributed by atoms with Crippen molar-refractivity contribution >= 4 is 17.0 Å². The van der Waals surface area contributed by atoms with Crippen molar-refractivity contribution in [1.82, 2.24) is 9.55 Å². The molecule has 1 heterocycles. The molecule has 3 aromatic rings. The van der Waals surface area contributed by atoms with E-state index >= 15 is 0 Å². The van der Waals surface area contributed by atoms with E-state index in [2.05, 4.69) is 4.98 Å². The van der Waals surface area contributed by atoms with Crippen molar-refractivity contribution in [1.29, 1.82) is 0 Å². The predicted molar refractivity (Wildman–Crippen MR) is 68.0 cm³/mol. The number of aromatic nitrogens is 2. The van der Waals surface area contributed by atoms with Crippen LogP contribution in [0.3, 0.4) is 0 Å². The van der Waals surface area contributed by atoms with Crippen LogP contribution in [-0.2, 0) is 0 Å². The minimum absolute atomic E-state index is 0.132. The number of fused-ring (bicyclic) bond motifs is 1. The molecular formula is C14H9FN2O2. The lowest BCUT2D eigenvalue weighted by atomic mass is 10.2. The molecule has 0 unspecified atom stereocenters. The number of carboxylic acid groups (broad SMARTS) is 1. The molecule has 0 saturated heterocycles. The molecule has 0 aliphatic carbocycles. The molecule has 94 valence electrons. The number of carbonyl (C=O) groups is 1. The first-order chi connectivity index (χ1) is 9.16. The summed E-state index contributed by atoms with van der Waals surface area (Å²) in [5, 5.41) is 9.10. The summed E-state index contributed by atoms with van der Waals surface area (Å²) < 4.78 is 14.9. The maximum atomic E-state index is 13.2. The molecule has 0 aliphatic heterocycles. The Balaban J connectivity index is 2.27. The van der Waals surface area contributed by atoms with Gasteiger partial charge in [0.05, 0.1) is 16.8 Å². The summed E-state index contributed by atoms with van der Waals surface area (Å²) in [5.41, 5.74) is 1.75. The van der Waals surface area contributed by atoms with Crippen molar-refractivity contribution in [3.63, 3.8) is 0 Å². The van der Waals surface area contributed by atoms with Crippen LogP contribution in [0.5, 0.6) is 0 Å². The standard InChI is InChI=1S/C14H9FN2O2/c15-9-3-1-4-10(7-9)17-8-16-13-11(14(18)19)5-2-6-12(13)17/h1-8H,(H,18,19). The lowest BCUT2D eigenvalue weighted by molar-refractivity contribution is 0.0699. The minimum atomic E-state index is -1.03. The number of carboxylic acids is 1. The van der Waals surface area contributed by atoms with Gasteiger partial charge in [0.25, 0.3) is 0 Å². The molecule has 3 rings (SSSR count). The molecule has 0 spiro atoms. The summed E-state index contributed by atoms with van der Waals surface area (Å²) in [5.74, 6) is -1.39. The van der Waals surface area contributed by atoms with Gasteiger partial charge in [0.1, 0.15) is 17.7 Å². The van der Waals surface area contributed by atoms with Gasteiger partial charge in [-0.2, -0.15) is 0 Å². The molecule has 1 N–H and O–H groups in total. The van der Waals surface area contributed by atoms with Gasteiger partial charge in [-0.1, -0.05) is 12.1 Å². The van der Waals surface area contributed by atoms with E-state index in [1.807, 2.05) is 0 Å². The highest BCUT2D eigenvalue weighted by atomic mass is 19.1. The number of hydrogen-bond acceptors (Lipinski definition) is 2. The first kappa shape index (κ1) is 11.4. The molecule has 2 aromatic carbocycles. The van der Waals surface area contributed by atoms with Crippen LogP contribution in [-0.4, -0.2) is 20.6 Å². The molecule has 5 heteroatoms. The van der Waals surface area contributed by atoms with Crippen molar-refractivity contribution in [3.05, 3.63) is 60.2 Å². The number of hydrogen-bond donors (Lipinski definition) is 1. The van der Waals surface area contributed by atoms with Gasteiger partial charge >= 0.3 is 5.97 Å². The Bertz CT molecular complexity index is 780. The molecule has 19 heavy (non-hydrogen) atoms. The van der Waals surface area contributed by atoms with E-state index in [9.17, 15) is 9.18 Å². The lowest BCUT2D eigenvalue weighted by Crippen LogP contribution is -1.98. The molecule has 1 aromatic heterocycles. The number of para-hydroxylation sites is 1. The minimum Gasteiger partial charge on any atom is -0.478 e. The van der Waals surface area contributed by atoms with E-state index in [-0.39, 0.29) is 11.4 Å². The smallest absolute Gasteiger partial charge is 0.337 e. The third kappa shape index (κ3) is 1.85. The SMILES string of the molecule is O=C(O)c1cccc2c1ncn2-c1cccc(F)c1. The Labute approximate surface area is 107 Å². The van der Waals surface area contributed by atoms with Crippen molar-refractivity contribution in [2.24, 2.45) is 0 Å². The Morgan fingerprint density at radius 2 is 2.00 bits per heavy atom. The van der Waals surface area contributed by atoms with Crippen LogP contribution in [0.15, 0.2) is 48.8 Å². The number of benzene rings is 2. The van der Waals surface area contributed by atoms with E-state index in [0.717, 1.165) is 0 Å². The molecular weight excluding hydrogens is 247 g/mol. The van der Waals surface area contributed by atoms with Gasteiger partial charge in [-0.15, -0.1) is 0 Å². The lowest BCUT2D eigenvalue weighted by Gasteiger charge is -2.04. The summed E-state index contributed by atoms with van der Waals surface area (Å²) in [6.45, 7) is 0. The molecule has 4 nitrogen and oxygen atoms in total. The van der Waals surface area contributed by atoms with Crippen LogP contribution >= 0.6 is 0 Å². The van der Waals surface area contributed by atoms with Crippen LogP contribution in [0.4, 0.5) is 4.39 Å². The molecule has 0 aliphatic rings. The van der Waals surface area contributed by atoms with Gasteiger partial charge in [0.2, 0.25) is 0 Å². The zero-order valence-corrected chi connectivity index (χ0v) is 9.75. The number of halogens is 1. The van der Waals surface area contributed by atoms with E-state index in [4.69, 9.17) is 5.11 Å². The fourth-order valence-corrected chi connectivity index (χ4v) is 2.04. The van der Waals surface area contributed by atoms with Crippen LogP contribution in [0.2, 0.25) is 0 Å². The molecule has 0 fully saturated rings. The number of nitrogens with zero attached hydrogens (tertiary/aromatic N) is 2. The van der Waals surface area contributed by atoms with Crippen LogP contribution in [0.25, 0.3) is 16.7 Å². The second kappa shape index (κ2) is 4.20. The highest BCUT2D eigenvalue weighted by Crippen LogP contribution is 2.21. The van der Waals surface area contributed by atoms with Crippen molar-refractivity contribution in [2.45, 2.75) is 0 Å². The average molecular weight is 256 g/mol. The zero-order chi connectivity index (χ0) is 13.4. The average Bonchev–Trinajstić information content (AvgIpc) is 2.82. The third-order valence-corrected chi connectivity index (χ3v) is 2.89. The van der Waals surface area contributed by atoms with E-state index in [1.54, 1.807) is 28.8 Å². The monoisotopic (exact) mass is 256 g/mol. The Kier molecular flexibility index (Phi) is 2.52. The maximum Gasteiger partial charge on any atom is 0.337 e. The zero-order valence-electron chi connectivity index (χ0n) is 9.75. The highest BCUT2D eigenvalue weighted by molar-refractivity contribution is 6.01. The highest BCUT2D eigenvalue weighted by Gasteiger charge is 2.13. The Morgan fingerprint density at radius 3 is 2.74 bits per heavy atom. The van der Waals surface area contributed by atoms with Crippen molar-refractivity contribution < 1.29 is 14.3 Å². The fraction of sp³-hybridized carbons (Fsp3) is 0. The normalized spacial score (nSPS) is 10.8. The van der Waals surface area contributed by atoms with E-state index in [1.165, 1.54) is 24.5 Å². The van der Waals surface area contributed by atoms with Gasteiger partial charge in [-0.05, 0) is 30.3 Å². The van der Waals surface area contributed by atoms with Gasteiger partial charge in [0, 0.05) is 0 Å². The van der Waals surface area contributed by atoms with Gasteiger partial charge in [-0.3, -0.25) is 4.57 Å². The number of imidazole rings is 1. The van der Waals surface area contributed by atoms with E-state index < -0.39 is 5.97 Å². The van der Waals surface area contributed by atoms with Gasteiger partial charge < -0.3 is 5.11 Å². The summed E-state index contributed by atoms with van der Waals surface area (Å²) in [6.07, 6.45) is 1.49. The van der Waals surface area contributed by atoms with Crippen molar-refractivity contribution in [2.75, 3.05) is 0 Å². The van der Waals surface area contributed by atoms with Gasteiger partial charge in [0.15, 0.2) is 0 Å². The Morgan fingerprint density at radius 1 is 1.21 bits per heavy atom. The topological polar surface area (TPSA) is 55.1 Å². The van der Waals surface area contributed by atoms with Crippen LogP contribution < -0.4 is 0 Å². The summed E-state index contributed by atoms with van der Waals surface area (Å²) in [7, 11) is 0. The molecule has 0 amide bonds. The Hall–Kier alpha value is -2.69. The summed E-state index contributed by atoms with van der Waals surface area (Å²) >= 11 is 0. The van der Waals surface area contributed by atoms with Crippen molar-refractivity contribution in [3.8, 4) is 5.69 Å². The molecule has 0 radical (unpaired) electrons. The largest absolute Gasteiger partial charge is 0.478 e. The second-order valence-corrected chi connectivity index (χ2v) is 4.07. The van der Waals surface area contributed by atoms with Gasteiger partial charge in [-0.25, -0.2) is 14.2 Å². The van der Waals surface area contributed by atoms with Crippen LogP contribution in [0, 0.1) is 5.82 Å².